The number of fused-ring (bicyclic) bond motifs is 1. The predicted molar refractivity (Wildman–Crippen MR) is 103 cm³/mol. The molecule has 148 valence electrons. The van der Waals surface area contributed by atoms with Crippen molar-refractivity contribution in [3.05, 3.63) is 45.3 Å². The van der Waals surface area contributed by atoms with E-state index in [0.717, 1.165) is 11.1 Å². The molecule has 0 N–H and O–H groups in total. The number of rotatable bonds is 13. The zero-order valence-corrected chi connectivity index (χ0v) is 15.5. The number of benzene rings is 1. The normalized spacial score (nSPS) is 11.6. The second-order valence-electron chi connectivity index (χ2n) is 5.48. The first-order valence-corrected chi connectivity index (χ1v) is 8.85. The van der Waals surface area contributed by atoms with Gasteiger partial charge in [-0.1, -0.05) is 23.0 Å². The van der Waals surface area contributed by atoms with Gasteiger partial charge in [-0.25, -0.2) is 4.99 Å². The molecular weight excluding hydrogens is 364 g/mol. The molecule has 1 aromatic rings. The lowest BCUT2D eigenvalue weighted by molar-refractivity contribution is 0.00223. The van der Waals surface area contributed by atoms with Gasteiger partial charge in [-0.2, -0.15) is 0 Å². The van der Waals surface area contributed by atoms with E-state index >= 15 is 0 Å². The number of amides is 1. The van der Waals surface area contributed by atoms with Gasteiger partial charge in [-0.3, -0.25) is 4.79 Å². The average Bonchev–Trinajstić information content (AvgIpc) is 3.09. The molecule has 1 aliphatic heterocycles. The minimum atomic E-state index is -0.228. The van der Waals surface area contributed by atoms with Crippen LogP contribution >= 0.6 is 0 Å². The Bertz CT molecular complexity index is 778. The molecule has 0 unspecified atom stereocenters. The fourth-order valence-corrected chi connectivity index (χ4v) is 2.26. The lowest BCUT2D eigenvalue weighted by Gasteiger charge is -2.06. The number of hydrogen-bond acceptors (Lipinski definition) is 6. The molecular formula is C19H22N4O5. The van der Waals surface area contributed by atoms with E-state index < -0.39 is 0 Å². The quantitative estimate of drug-likeness (QED) is 0.169. The second kappa shape index (κ2) is 13.4. The van der Waals surface area contributed by atoms with Crippen LogP contribution in [0.2, 0.25) is 0 Å². The highest BCUT2D eigenvalue weighted by Crippen LogP contribution is 2.17. The second-order valence-corrected chi connectivity index (χ2v) is 5.48. The average molecular weight is 386 g/mol. The summed E-state index contributed by atoms with van der Waals surface area (Å²) in [6.45, 7) is 3.74. The molecule has 0 saturated heterocycles. The van der Waals surface area contributed by atoms with Crippen LogP contribution in [0.5, 0.6) is 0 Å². The molecule has 9 nitrogen and oxygen atoms in total. The first-order chi connectivity index (χ1) is 13.8. The maximum atomic E-state index is 11.5. The first kappa shape index (κ1) is 21.6. The van der Waals surface area contributed by atoms with Crippen molar-refractivity contribution in [2.24, 2.45) is 10.1 Å². The molecule has 2 rings (SSSR count). The van der Waals surface area contributed by atoms with Crippen molar-refractivity contribution in [1.29, 1.82) is 0 Å². The van der Waals surface area contributed by atoms with Crippen molar-refractivity contribution in [3.8, 4) is 11.8 Å². The molecule has 0 atom stereocenters. The van der Waals surface area contributed by atoms with Gasteiger partial charge in [0.2, 0.25) is 0 Å². The van der Waals surface area contributed by atoms with E-state index in [4.69, 9.17) is 24.5 Å². The van der Waals surface area contributed by atoms with Gasteiger partial charge < -0.3 is 18.9 Å². The summed E-state index contributed by atoms with van der Waals surface area (Å²) in [7, 11) is 0. The van der Waals surface area contributed by atoms with Gasteiger partial charge in [0.15, 0.2) is 0 Å². The van der Waals surface area contributed by atoms with E-state index in [1.807, 2.05) is 6.07 Å². The molecule has 0 bridgehead atoms. The number of azide groups is 1. The minimum Gasteiger partial charge on any atom is -0.379 e. The summed E-state index contributed by atoms with van der Waals surface area (Å²) in [6.07, 6.45) is 1.55. The fraction of sp³-hybridized carbons (Fsp3) is 0.474. The van der Waals surface area contributed by atoms with Crippen molar-refractivity contribution in [2.45, 2.75) is 0 Å². The van der Waals surface area contributed by atoms with E-state index in [-0.39, 0.29) is 12.5 Å². The zero-order valence-electron chi connectivity index (χ0n) is 15.5. The summed E-state index contributed by atoms with van der Waals surface area (Å²) < 4.78 is 21.3. The Morgan fingerprint density at radius 1 is 1.00 bits per heavy atom. The van der Waals surface area contributed by atoms with Crippen LogP contribution in [0.3, 0.4) is 0 Å². The van der Waals surface area contributed by atoms with Crippen molar-refractivity contribution in [2.75, 3.05) is 59.4 Å². The molecule has 0 aliphatic carbocycles. The number of carbonyl (C=O) groups is 1. The topological polar surface area (TPSA) is 115 Å². The molecule has 0 fully saturated rings. The molecule has 1 aliphatic rings. The Hall–Kier alpha value is -2.73. The first-order valence-electron chi connectivity index (χ1n) is 8.85. The maximum absolute atomic E-state index is 11.5. The third kappa shape index (κ3) is 7.88. The maximum Gasteiger partial charge on any atom is 0.277 e. The summed E-state index contributed by atoms with van der Waals surface area (Å²) in [5, 5.41) is 3.35. The highest BCUT2D eigenvalue weighted by molar-refractivity contribution is 6.13. The van der Waals surface area contributed by atoms with E-state index in [1.165, 1.54) is 0 Å². The van der Waals surface area contributed by atoms with Gasteiger partial charge in [0.1, 0.15) is 6.61 Å². The molecule has 1 amide bonds. The molecule has 28 heavy (non-hydrogen) atoms. The summed E-state index contributed by atoms with van der Waals surface area (Å²) >= 11 is 0. The van der Waals surface area contributed by atoms with Crippen molar-refractivity contribution < 1.29 is 23.7 Å². The third-order valence-corrected chi connectivity index (χ3v) is 3.56. The summed E-state index contributed by atoms with van der Waals surface area (Å²) in [5.41, 5.74) is 10.2. The summed E-state index contributed by atoms with van der Waals surface area (Å²) in [6, 6.07) is 5.39. The molecule has 0 aromatic heterocycles. The van der Waals surface area contributed by atoms with Crippen LogP contribution in [0.15, 0.2) is 28.3 Å². The third-order valence-electron chi connectivity index (χ3n) is 3.56. The highest BCUT2D eigenvalue weighted by Gasteiger charge is 2.16. The van der Waals surface area contributed by atoms with Crippen molar-refractivity contribution in [3.63, 3.8) is 0 Å². The van der Waals surface area contributed by atoms with Gasteiger partial charge in [0.25, 0.3) is 5.91 Å². The molecule has 0 spiro atoms. The molecule has 1 heterocycles. The van der Waals surface area contributed by atoms with Crippen LogP contribution in [0, 0.1) is 11.8 Å². The zero-order chi connectivity index (χ0) is 19.9. The van der Waals surface area contributed by atoms with Crippen LogP contribution in [0.1, 0.15) is 21.5 Å². The summed E-state index contributed by atoms with van der Waals surface area (Å²) in [4.78, 5) is 17.9. The minimum absolute atomic E-state index is 0.228. The van der Waals surface area contributed by atoms with Crippen molar-refractivity contribution >= 4 is 12.1 Å². The number of ether oxygens (including phenoxy) is 4. The number of aliphatic imine (C=N–C) groups is 1. The van der Waals surface area contributed by atoms with E-state index in [2.05, 4.69) is 26.9 Å². The molecule has 0 saturated carbocycles. The molecule has 9 heteroatoms. The summed E-state index contributed by atoms with van der Waals surface area (Å²) in [5.74, 6) is 5.69. The smallest absolute Gasteiger partial charge is 0.277 e. The highest BCUT2D eigenvalue weighted by atomic mass is 16.6. The lowest BCUT2D eigenvalue weighted by atomic mass is 10.0. The van der Waals surface area contributed by atoms with Gasteiger partial charge in [0, 0.05) is 28.8 Å². The van der Waals surface area contributed by atoms with Crippen LogP contribution in [-0.2, 0) is 18.9 Å². The Labute approximate surface area is 163 Å². The largest absolute Gasteiger partial charge is 0.379 e. The monoisotopic (exact) mass is 386 g/mol. The van der Waals surface area contributed by atoms with Crippen molar-refractivity contribution in [1.82, 2.24) is 0 Å². The lowest BCUT2D eigenvalue weighted by Crippen LogP contribution is -2.12. The predicted octanol–water partition coefficient (Wildman–Crippen LogP) is 1.99. The Morgan fingerprint density at radius 3 is 2.39 bits per heavy atom. The SMILES string of the molecule is [N-]=[N+]=NCCOCCOCCOCCOCC#Cc1cccc2c1C=NC2=O. The van der Waals surface area contributed by atoms with Crippen LogP contribution in [0.4, 0.5) is 0 Å². The molecule has 0 radical (unpaired) electrons. The van der Waals surface area contributed by atoms with Gasteiger partial charge in [-0.15, -0.1) is 0 Å². The van der Waals surface area contributed by atoms with Crippen LogP contribution in [0.25, 0.3) is 10.4 Å². The number of nitrogens with zero attached hydrogens (tertiary/aromatic N) is 4. The Kier molecular flexibility index (Phi) is 10.4. The van der Waals surface area contributed by atoms with E-state index in [1.54, 1.807) is 18.3 Å². The number of carbonyl (C=O) groups excluding carboxylic acids is 1. The van der Waals surface area contributed by atoms with Gasteiger partial charge in [0.05, 0.1) is 51.8 Å². The van der Waals surface area contributed by atoms with Crippen LogP contribution < -0.4 is 0 Å². The Morgan fingerprint density at radius 2 is 1.68 bits per heavy atom. The number of hydrogen-bond donors (Lipinski definition) is 0. The van der Waals surface area contributed by atoms with Gasteiger partial charge >= 0.3 is 0 Å². The van der Waals surface area contributed by atoms with Crippen LogP contribution in [-0.4, -0.2) is 71.5 Å². The van der Waals surface area contributed by atoms with E-state index in [9.17, 15) is 4.79 Å². The Balaban J connectivity index is 1.44. The fourth-order valence-electron chi connectivity index (χ4n) is 2.26. The van der Waals surface area contributed by atoms with E-state index in [0.29, 0.717) is 58.4 Å². The van der Waals surface area contributed by atoms with Gasteiger partial charge in [-0.05, 0) is 17.7 Å². The standard InChI is InChI=1S/C19H22N4O5/c20-23-22-6-8-26-10-12-28-14-13-27-11-9-25-7-2-4-16-3-1-5-17-18(16)15-21-19(17)24/h1,3,5,15H,6-14H2. The molecule has 1 aromatic carbocycles.